The Hall–Kier alpha value is -2.74. The lowest BCUT2D eigenvalue weighted by molar-refractivity contribution is -0.0605. The van der Waals surface area contributed by atoms with Crippen molar-refractivity contribution in [1.82, 2.24) is 29.3 Å². The number of ether oxygens (including phenoxy) is 1. The van der Waals surface area contributed by atoms with Gasteiger partial charge in [0.15, 0.2) is 0 Å². The Morgan fingerprint density at radius 3 is 3.16 bits per heavy atom. The first kappa shape index (κ1) is 14.6. The van der Waals surface area contributed by atoms with E-state index >= 15 is 0 Å². The van der Waals surface area contributed by atoms with Crippen molar-refractivity contribution < 1.29 is 9.53 Å². The van der Waals surface area contributed by atoms with Crippen molar-refractivity contribution in [3.8, 4) is 0 Å². The van der Waals surface area contributed by atoms with Gasteiger partial charge in [0.25, 0.3) is 5.91 Å². The van der Waals surface area contributed by atoms with E-state index in [-0.39, 0.29) is 18.1 Å². The molecule has 2 aliphatic heterocycles. The molecule has 8 heteroatoms. The minimum absolute atomic E-state index is 0.0169. The first-order valence-electron chi connectivity index (χ1n) is 8.44. The van der Waals surface area contributed by atoms with Crippen LogP contribution in [0.5, 0.6) is 0 Å². The van der Waals surface area contributed by atoms with Crippen LogP contribution in [0.2, 0.25) is 0 Å². The molecule has 1 saturated heterocycles. The van der Waals surface area contributed by atoms with Gasteiger partial charge in [0.1, 0.15) is 11.3 Å². The van der Waals surface area contributed by atoms with E-state index in [1.54, 1.807) is 12.4 Å². The van der Waals surface area contributed by atoms with Crippen LogP contribution in [0.25, 0.3) is 5.65 Å². The molecule has 0 saturated carbocycles. The van der Waals surface area contributed by atoms with Crippen molar-refractivity contribution in [1.29, 1.82) is 0 Å². The first-order chi connectivity index (χ1) is 12.2. The van der Waals surface area contributed by atoms with Gasteiger partial charge in [-0.3, -0.25) is 4.79 Å². The van der Waals surface area contributed by atoms with Crippen LogP contribution < -0.4 is 0 Å². The summed E-state index contributed by atoms with van der Waals surface area (Å²) in [7, 11) is 0. The zero-order valence-corrected chi connectivity index (χ0v) is 13.9. The van der Waals surface area contributed by atoms with Crippen molar-refractivity contribution >= 4 is 11.6 Å². The van der Waals surface area contributed by atoms with Crippen molar-refractivity contribution in [2.24, 2.45) is 0 Å². The van der Waals surface area contributed by atoms with E-state index in [4.69, 9.17) is 4.74 Å². The monoisotopic (exact) mass is 338 g/mol. The number of pyridine rings is 1. The number of fused-ring (bicyclic) bond motifs is 4. The second kappa shape index (κ2) is 5.38. The summed E-state index contributed by atoms with van der Waals surface area (Å²) in [6.45, 7) is 3.78. The summed E-state index contributed by atoms with van der Waals surface area (Å²) < 4.78 is 9.70. The number of aromatic nitrogens is 5. The first-order valence-corrected chi connectivity index (χ1v) is 8.44. The Balaban J connectivity index is 1.42. The number of carbonyl (C=O) groups is 1. The molecule has 8 nitrogen and oxygen atoms in total. The zero-order chi connectivity index (χ0) is 17.0. The van der Waals surface area contributed by atoms with Crippen molar-refractivity contribution in [3.05, 3.63) is 47.7 Å². The molecule has 128 valence electrons. The maximum Gasteiger partial charge on any atom is 0.274 e. The summed E-state index contributed by atoms with van der Waals surface area (Å²) >= 11 is 0. The van der Waals surface area contributed by atoms with Gasteiger partial charge < -0.3 is 14.0 Å². The van der Waals surface area contributed by atoms with Gasteiger partial charge in [-0.1, -0.05) is 11.3 Å². The van der Waals surface area contributed by atoms with Crippen LogP contribution in [0.4, 0.5) is 0 Å². The second-order valence-electron chi connectivity index (χ2n) is 6.72. The van der Waals surface area contributed by atoms with E-state index in [0.717, 1.165) is 23.3 Å². The average Bonchev–Trinajstić information content (AvgIpc) is 3.26. The molecule has 2 aliphatic rings. The maximum absolute atomic E-state index is 12.9. The van der Waals surface area contributed by atoms with Gasteiger partial charge in [-0.05, 0) is 25.0 Å². The van der Waals surface area contributed by atoms with Crippen LogP contribution in [-0.4, -0.2) is 54.4 Å². The fourth-order valence-corrected chi connectivity index (χ4v) is 3.73. The number of nitrogens with zero attached hydrogens (tertiary/aromatic N) is 6. The highest BCUT2D eigenvalue weighted by molar-refractivity contribution is 5.93. The topological polar surface area (TPSA) is 77.6 Å². The SMILES string of the molecule is Cc1ccc2nc(C(=O)N3CC[C@@H]4OCc5cnnn5[C@H]4C3)cn2c1. The fourth-order valence-electron chi connectivity index (χ4n) is 3.73. The van der Waals surface area contributed by atoms with Crippen molar-refractivity contribution in [3.63, 3.8) is 0 Å². The van der Waals surface area contributed by atoms with Crippen molar-refractivity contribution in [2.45, 2.75) is 32.1 Å². The Bertz CT molecular complexity index is 961. The Kier molecular flexibility index (Phi) is 3.14. The smallest absolute Gasteiger partial charge is 0.274 e. The zero-order valence-electron chi connectivity index (χ0n) is 13.9. The van der Waals surface area contributed by atoms with Gasteiger partial charge in [-0.15, -0.1) is 5.10 Å². The van der Waals surface area contributed by atoms with Crippen LogP contribution in [0.1, 0.15) is 34.2 Å². The molecule has 1 fully saturated rings. The maximum atomic E-state index is 12.9. The van der Waals surface area contributed by atoms with Gasteiger partial charge in [-0.2, -0.15) is 0 Å². The van der Waals surface area contributed by atoms with Gasteiger partial charge >= 0.3 is 0 Å². The Labute approximate surface area is 144 Å². The molecular weight excluding hydrogens is 320 g/mol. The molecule has 5 heterocycles. The molecule has 5 rings (SSSR count). The normalized spacial score (nSPS) is 22.7. The van der Waals surface area contributed by atoms with E-state index in [1.807, 2.05) is 39.2 Å². The quantitative estimate of drug-likeness (QED) is 0.667. The molecule has 3 aromatic heterocycles. The predicted molar refractivity (Wildman–Crippen MR) is 88.1 cm³/mol. The van der Waals surface area contributed by atoms with Crippen LogP contribution in [-0.2, 0) is 11.3 Å². The summed E-state index contributed by atoms with van der Waals surface area (Å²) in [5.41, 5.74) is 3.34. The standard InChI is InChI=1S/C17H18N6O2/c1-11-2-3-16-19-13(8-22(16)7-11)17(24)21-5-4-15-14(9-21)23-12(10-25-15)6-18-20-23/h2-3,6-8,14-15H,4-5,9-10H2,1H3/t14-,15-/m0/s1. The molecule has 0 unspecified atom stereocenters. The molecule has 2 atom stereocenters. The lowest BCUT2D eigenvalue weighted by Crippen LogP contribution is -2.50. The Morgan fingerprint density at radius 2 is 2.24 bits per heavy atom. The van der Waals surface area contributed by atoms with Crippen LogP contribution in [0.15, 0.2) is 30.7 Å². The summed E-state index contributed by atoms with van der Waals surface area (Å²) in [4.78, 5) is 19.3. The van der Waals surface area contributed by atoms with Gasteiger partial charge in [-0.25, -0.2) is 9.67 Å². The molecule has 3 aromatic rings. The number of likely N-dealkylation sites (tertiary alicyclic amines) is 1. The summed E-state index contributed by atoms with van der Waals surface area (Å²) in [6.07, 6.45) is 6.38. The molecule has 0 N–H and O–H groups in total. The number of hydrogen-bond acceptors (Lipinski definition) is 5. The predicted octanol–water partition coefficient (Wildman–Crippen LogP) is 1.22. The second-order valence-corrected chi connectivity index (χ2v) is 6.72. The number of piperidine rings is 1. The molecule has 0 aliphatic carbocycles. The highest BCUT2D eigenvalue weighted by atomic mass is 16.5. The number of rotatable bonds is 1. The lowest BCUT2D eigenvalue weighted by Gasteiger charge is -2.40. The molecule has 0 radical (unpaired) electrons. The number of amides is 1. The molecule has 0 bridgehead atoms. The third kappa shape index (κ3) is 2.32. The number of aryl methyl sites for hydroxylation is 1. The van der Waals surface area contributed by atoms with E-state index in [2.05, 4.69) is 15.3 Å². The minimum atomic E-state index is -0.0490. The van der Waals surface area contributed by atoms with Crippen LogP contribution >= 0.6 is 0 Å². The number of carbonyl (C=O) groups excluding carboxylic acids is 1. The molecule has 0 spiro atoms. The summed E-state index contributed by atoms with van der Waals surface area (Å²) in [6, 6.07) is 3.94. The highest BCUT2D eigenvalue weighted by Crippen LogP contribution is 2.30. The number of hydrogen-bond donors (Lipinski definition) is 0. The van der Waals surface area contributed by atoms with E-state index < -0.39 is 0 Å². The lowest BCUT2D eigenvalue weighted by atomic mass is 10.00. The minimum Gasteiger partial charge on any atom is -0.370 e. The average molecular weight is 338 g/mol. The third-order valence-electron chi connectivity index (χ3n) is 5.03. The van der Waals surface area contributed by atoms with E-state index in [9.17, 15) is 4.79 Å². The van der Waals surface area contributed by atoms with Gasteiger partial charge in [0, 0.05) is 25.5 Å². The van der Waals surface area contributed by atoms with Gasteiger partial charge in [0.2, 0.25) is 0 Å². The van der Waals surface area contributed by atoms with Crippen LogP contribution in [0, 0.1) is 6.92 Å². The van der Waals surface area contributed by atoms with Gasteiger partial charge in [0.05, 0.1) is 30.6 Å². The molecule has 25 heavy (non-hydrogen) atoms. The largest absolute Gasteiger partial charge is 0.370 e. The van der Waals surface area contributed by atoms with Crippen LogP contribution in [0.3, 0.4) is 0 Å². The summed E-state index contributed by atoms with van der Waals surface area (Å²) in [5.74, 6) is -0.0490. The molecular formula is C17H18N6O2. The molecule has 1 amide bonds. The third-order valence-corrected chi connectivity index (χ3v) is 5.03. The van der Waals surface area contributed by atoms with E-state index in [1.165, 1.54) is 0 Å². The van der Waals surface area contributed by atoms with E-state index in [0.29, 0.717) is 25.4 Å². The molecule has 0 aromatic carbocycles. The fraction of sp³-hybridized carbons (Fsp3) is 0.412. The highest BCUT2D eigenvalue weighted by Gasteiger charge is 2.38. The summed E-state index contributed by atoms with van der Waals surface area (Å²) in [5, 5.41) is 8.15. The van der Waals surface area contributed by atoms with Crippen molar-refractivity contribution in [2.75, 3.05) is 13.1 Å². The Morgan fingerprint density at radius 1 is 1.32 bits per heavy atom. The number of imidazole rings is 1.